The van der Waals surface area contributed by atoms with Crippen LogP contribution in [0.5, 0.6) is 5.75 Å². The maximum Gasteiger partial charge on any atom is 0.119 e. The quantitative estimate of drug-likeness (QED) is 0.792. The van der Waals surface area contributed by atoms with E-state index < -0.39 is 0 Å². The highest BCUT2D eigenvalue weighted by Crippen LogP contribution is 2.27. The van der Waals surface area contributed by atoms with Crippen molar-refractivity contribution in [3.05, 3.63) is 72.1 Å². The SMILES string of the molecule is CCOc1ccc(C(N)c2cccc3cnccc23)cc1. The van der Waals surface area contributed by atoms with Gasteiger partial charge in [-0.15, -0.1) is 0 Å². The summed E-state index contributed by atoms with van der Waals surface area (Å²) in [5.74, 6) is 0.871. The second kappa shape index (κ2) is 5.94. The molecule has 3 rings (SSSR count). The van der Waals surface area contributed by atoms with Crippen LogP contribution in [0.3, 0.4) is 0 Å². The Morgan fingerprint density at radius 3 is 2.67 bits per heavy atom. The van der Waals surface area contributed by atoms with E-state index in [1.54, 1.807) is 6.20 Å². The summed E-state index contributed by atoms with van der Waals surface area (Å²) in [7, 11) is 0. The summed E-state index contributed by atoms with van der Waals surface area (Å²) in [6, 6.07) is 16.0. The van der Waals surface area contributed by atoms with Crippen molar-refractivity contribution in [1.29, 1.82) is 0 Å². The molecule has 1 aromatic heterocycles. The summed E-state index contributed by atoms with van der Waals surface area (Å²) in [5, 5.41) is 2.25. The summed E-state index contributed by atoms with van der Waals surface area (Å²) < 4.78 is 5.47. The van der Waals surface area contributed by atoms with Crippen LogP contribution in [-0.4, -0.2) is 11.6 Å². The van der Waals surface area contributed by atoms with Gasteiger partial charge in [0.1, 0.15) is 5.75 Å². The number of pyridine rings is 1. The average Bonchev–Trinajstić information content (AvgIpc) is 2.55. The Morgan fingerprint density at radius 2 is 1.90 bits per heavy atom. The summed E-state index contributed by atoms with van der Waals surface area (Å²) in [4.78, 5) is 4.16. The lowest BCUT2D eigenvalue weighted by atomic mass is 9.95. The van der Waals surface area contributed by atoms with Crippen molar-refractivity contribution in [3.63, 3.8) is 0 Å². The minimum Gasteiger partial charge on any atom is -0.494 e. The van der Waals surface area contributed by atoms with E-state index in [4.69, 9.17) is 10.5 Å². The van der Waals surface area contributed by atoms with Gasteiger partial charge in [-0.25, -0.2) is 0 Å². The van der Waals surface area contributed by atoms with Crippen molar-refractivity contribution in [2.24, 2.45) is 5.73 Å². The Bertz CT molecular complexity index is 732. The van der Waals surface area contributed by atoms with Crippen LogP contribution in [-0.2, 0) is 0 Å². The maximum atomic E-state index is 6.45. The Balaban J connectivity index is 1.98. The topological polar surface area (TPSA) is 48.1 Å². The second-order valence-electron chi connectivity index (χ2n) is 4.92. The number of rotatable bonds is 4. The molecule has 0 saturated heterocycles. The molecule has 106 valence electrons. The molecule has 21 heavy (non-hydrogen) atoms. The zero-order chi connectivity index (χ0) is 14.7. The van der Waals surface area contributed by atoms with E-state index in [2.05, 4.69) is 17.1 Å². The number of nitrogens with zero attached hydrogens (tertiary/aromatic N) is 1. The first-order chi connectivity index (χ1) is 10.3. The normalized spacial score (nSPS) is 12.3. The van der Waals surface area contributed by atoms with Gasteiger partial charge in [-0.2, -0.15) is 0 Å². The maximum absolute atomic E-state index is 6.45. The van der Waals surface area contributed by atoms with Crippen LogP contribution in [0.15, 0.2) is 60.9 Å². The Labute approximate surface area is 124 Å². The van der Waals surface area contributed by atoms with E-state index in [0.717, 1.165) is 27.6 Å². The first kappa shape index (κ1) is 13.6. The molecule has 1 unspecified atom stereocenters. The highest BCUT2D eigenvalue weighted by Gasteiger charge is 2.12. The minimum atomic E-state index is -0.160. The monoisotopic (exact) mass is 278 g/mol. The van der Waals surface area contributed by atoms with E-state index >= 15 is 0 Å². The highest BCUT2D eigenvalue weighted by molar-refractivity contribution is 5.85. The van der Waals surface area contributed by atoms with Crippen LogP contribution in [0.25, 0.3) is 10.8 Å². The van der Waals surface area contributed by atoms with Gasteiger partial charge in [0.05, 0.1) is 12.6 Å². The number of benzene rings is 2. The molecule has 0 aliphatic carbocycles. The molecular weight excluding hydrogens is 260 g/mol. The molecule has 2 N–H and O–H groups in total. The molecule has 1 heterocycles. The molecular formula is C18H18N2O. The highest BCUT2D eigenvalue weighted by atomic mass is 16.5. The molecule has 0 aliphatic rings. The van der Waals surface area contributed by atoms with E-state index in [-0.39, 0.29) is 6.04 Å². The smallest absolute Gasteiger partial charge is 0.119 e. The van der Waals surface area contributed by atoms with Gasteiger partial charge in [0.25, 0.3) is 0 Å². The van der Waals surface area contributed by atoms with Crippen LogP contribution >= 0.6 is 0 Å². The van der Waals surface area contributed by atoms with Crippen LogP contribution in [0, 0.1) is 0 Å². The van der Waals surface area contributed by atoms with Gasteiger partial charge in [-0.1, -0.05) is 30.3 Å². The Kier molecular flexibility index (Phi) is 3.84. The molecule has 0 amide bonds. The second-order valence-corrected chi connectivity index (χ2v) is 4.92. The standard InChI is InChI=1S/C18H18N2O/c1-2-21-15-8-6-13(7-9-15)18(19)17-5-3-4-14-12-20-11-10-16(14)17/h3-12,18H,2,19H2,1H3. The summed E-state index contributed by atoms with van der Waals surface area (Å²) in [5.41, 5.74) is 8.63. The number of nitrogens with two attached hydrogens (primary N) is 1. The summed E-state index contributed by atoms with van der Waals surface area (Å²) in [6.45, 7) is 2.64. The molecule has 3 nitrogen and oxygen atoms in total. The molecule has 2 aromatic carbocycles. The molecule has 1 atom stereocenters. The average molecular weight is 278 g/mol. The molecule has 3 aromatic rings. The van der Waals surface area contributed by atoms with Gasteiger partial charge < -0.3 is 10.5 Å². The third-order valence-electron chi connectivity index (χ3n) is 3.60. The van der Waals surface area contributed by atoms with Crippen LogP contribution in [0.1, 0.15) is 24.1 Å². The first-order valence-electron chi connectivity index (χ1n) is 7.10. The van der Waals surface area contributed by atoms with Crippen LogP contribution in [0.4, 0.5) is 0 Å². The predicted molar refractivity (Wildman–Crippen MR) is 85.4 cm³/mol. The lowest BCUT2D eigenvalue weighted by molar-refractivity contribution is 0.340. The largest absolute Gasteiger partial charge is 0.494 e. The zero-order valence-corrected chi connectivity index (χ0v) is 12.0. The fraction of sp³-hybridized carbons (Fsp3) is 0.167. The van der Waals surface area contributed by atoms with E-state index in [1.807, 2.05) is 49.5 Å². The number of aromatic nitrogens is 1. The fourth-order valence-electron chi connectivity index (χ4n) is 2.54. The van der Waals surface area contributed by atoms with E-state index in [1.165, 1.54) is 0 Å². The molecule has 0 fully saturated rings. The van der Waals surface area contributed by atoms with Gasteiger partial charge in [-0.05, 0) is 41.6 Å². The molecule has 0 spiro atoms. The minimum absolute atomic E-state index is 0.160. The van der Waals surface area contributed by atoms with Gasteiger partial charge >= 0.3 is 0 Å². The van der Waals surface area contributed by atoms with Crippen molar-refractivity contribution >= 4 is 10.8 Å². The third-order valence-corrected chi connectivity index (χ3v) is 3.60. The molecule has 0 saturated carbocycles. The number of fused-ring (bicyclic) bond motifs is 1. The van der Waals surface area contributed by atoms with Crippen molar-refractivity contribution in [2.75, 3.05) is 6.61 Å². The predicted octanol–water partition coefficient (Wildman–Crippen LogP) is 3.68. The molecule has 0 aliphatic heterocycles. The van der Waals surface area contributed by atoms with Crippen molar-refractivity contribution < 1.29 is 4.74 Å². The van der Waals surface area contributed by atoms with Gasteiger partial charge in [0.2, 0.25) is 0 Å². The van der Waals surface area contributed by atoms with Crippen molar-refractivity contribution in [1.82, 2.24) is 4.98 Å². The number of hydrogen-bond acceptors (Lipinski definition) is 3. The van der Waals surface area contributed by atoms with Gasteiger partial charge in [0.15, 0.2) is 0 Å². The molecule has 0 bridgehead atoms. The van der Waals surface area contributed by atoms with Crippen molar-refractivity contribution in [2.45, 2.75) is 13.0 Å². The lowest BCUT2D eigenvalue weighted by Gasteiger charge is -2.15. The fourth-order valence-corrected chi connectivity index (χ4v) is 2.54. The summed E-state index contributed by atoms with van der Waals surface area (Å²) in [6.07, 6.45) is 3.67. The van der Waals surface area contributed by atoms with Crippen LogP contribution in [0.2, 0.25) is 0 Å². The van der Waals surface area contributed by atoms with Gasteiger partial charge in [0, 0.05) is 17.8 Å². The number of ether oxygens (including phenoxy) is 1. The zero-order valence-electron chi connectivity index (χ0n) is 12.0. The third kappa shape index (κ3) is 2.73. The van der Waals surface area contributed by atoms with Crippen LogP contribution < -0.4 is 10.5 Å². The number of hydrogen-bond donors (Lipinski definition) is 1. The molecule has 3 heteroatoms. The Morgan fingerprint density at radius 1 is 1.10 bits per heavy atom. The Hall–Kier alpha value is -2.39. The van der Waals surface area contributed by atoms with Gasteiger partial charge in [-0.3, -0.25) is 4.98 Å². The lowest BCUT2D eigenvalue weighted by Crippen LogP contribution is -2.12. The van der Waals surface area contributed by atoms with E-state index in [0.29, 0.717) is 6.61 Å². The summed E-state index contributed by atoms with van der Waals surface area (Å²) >= 11 is 0. The van der Waals surface area contributed by atoms with Crippen molar-refractivity contribution in [3.8, 4) is 5.75 Å². The first-order valence-corrected chi connectivity index (χ1v) is 7.10. The van der Waals surface area contributed by atoms with E-state index in [9.17, 15) is 0 Å². The molecule has 0 radical (unpaired) electrons.